The fourth-order valence-corrected chi connectivity index (χ4v) is 3.30. The molecule has 0 saturated carbocycles. The van der Waals surface area contributed by atoms with E-state index in [9.17, 15) is 22.4 Å². The van der Waals surface area contributed by atoms with Crippen molar-refractivity contribution in [3.63, 3.8) is 0 Å². The van der Waals surface area contributed by atoms with E-state index >= 15 is 0 Å². The molecule has 5 nitrogen and oxygen atoms in total. The number of hydrogen-bond donors (Lipinski definition) is 0. The Labute approximate surface area is 157 Å². The van der Waals surface area contributed by atoms with Gasteiger partial charge in [0.25, 0.3) is 0 Å². The van der Waals surface area contributed by atoms with Crippen LogP contribution in [0, 0.1) is 5.82 Å². The van der Waals surface area contributed by atoms with Gasteiger partial charge in [0.05, 0.1) is 11.3 Å². The highest BCUT2D eigenvalue weighted by molar-refractivity contribution is 5.96. The zero-order valence-electron chi connectivity index (χ0n) is 14.5. The predicted octanol–water partition coefficient (Wildman–Crippen LogP) is 3.93. The fourth-order valence-electron chi connectivity index (χ4n) is 3.30. The zero-order chi connectivity index (χ0) is 19.9. The van der Waals surface area contributed by atoms with Crippen LogP contribution in [0.3, 0.4) is 0 Å². The van der Waals surface area contributed by atoms with Crippen LogP contribution in [0.5, 0.6) is 0 Å². The minimum atomic E-state index is -4.62. The molecule has 0 aliphatic heterocycles. The lowest BCUT2D eigenvalue weighted by Crippen LogP contribution is -2.14. The summed E-state index contributed by atoms with van der Waals surface area (Å²) in [4.78, 5) is 16.1. The molecule has 0 spiro atoms. The second-order valence-corrected chi connectivity index (χ2v) is 6.62. The van der Waals surface area contributed by atoms with Crippen LogP contribution in [0.15, 0.2) is 36.5 Å². The number of rotatable bonds is 3. The molecular formula is C19H14F4N4O. The Kier molecular flexibility index (Phi) is 4.44. The van der Waals surface area contributed by atoms with E-state index < -0.39 is 17.6 Å². The van der Waals surface area contributed by atoms with Crippen molar-refractivity contribution in [1.82, 2.24) is 20.0 Å². The quantitative estimate of drug-likeness (QED) is 0.636. The summed E-state index contributed by atoms with van der Waals surface area (Å²) in [5.41, 5.74) is 0.806. The molecule has 9 heteroatoms. The third-order valence-corrected chi connectivity index (χ3v) is 4.56. The molecule has 2 heterocycles. The van der Waals surface area contributed by atoms with Gasteiger partial charge >= 0.3 is 6.18 Å². The van der Waals surface area contributed by atoms with E-state index in [1.165, 1.54) is 10.9 Å². The molecule has 1 aromatic carbocycles. The maximum absolute atomic E-state index is 13.6. The van der Waals surface area contributed by atoms with Crippen molar-refractivity contribution < 1.29 is 22.4 Å². The average molecular weight is 390 g/mol. The van der Waals surface area contributed by atoms with Gasteiger partial charge in [-0.3, -0.25) is 4.79 Å². The summed E-state index contributed by atoms with van der Waals surface area (Å²) in [6, 6.07) is 5.76. The van der Waals surface area contributed by atoms with Gasteiger partial charge in [0.1, 0.15) is 5.82 Å². The summed E-state index contributed by atoms with van der Waals surface area (Å²) in [6.07, 6.45) is -1.27. The molecule has 0 saturated heterocycles. The minimum absolute atomic E-state index is 0.0666. The van der Waals surface area contributed by atoms with Gasteiger partial charge in [0.15, 0.2) is 17.3 Å². The van der Waals surface area contributed by atoms with Gasteiger partial charge in [-0.2, -0.15) is 17.9 Å². The van der Waals surface area contributed by atoms with Crippen LogP contribution in [0.4, 0.5) is 17.6 Å². The third kappa shape index (κ3) is 3.51. The monoisotopic (exact) mass is 390 g/mol. The third-order valence-electron chi connectivity index (χ3n) is 4.56. The first-order valence-electron chi connectivity index (χ1n) is 8.61. The summed E-state index contributed by atoms with van der Waals surface area (Å²) in [7, 11) is 0. The zero-order valence-corrected chi connectivity index (χ0v) is 14.5. The van der Waals surface area contributed by atoms with Crippen LogP contribution in [0.2, 0.25) is 0 Å². The van der Waals surface area contributed by atoms with Crippen molar-refractivity contribution in [2.75, 3.05) is 0 Å². The van der Waals surface area contributed by atoms with Gasteiger partial charge in [-0.25, -0.2) is 9.37 Å². The molecule has 0 unspecified atom stereocenters. The lowest BCUT2D eigenvalue weighted by Gasteiger charge is -2.12. The first-order valence-corrected chi connectivity index (χ1v) is 8.61. The molecule has 1 aliphatic rings. The van der Waals surface area contributed by atoms with E-state index in [0.29, 0.717) is 48.1 Å². The van der Waals surface area contributed by atoms with Crippen molar-refractivity contribution in [3.8, 4) is 5.82 Å². The number of nitrogens with zero attached hydrogens (tertiary/aromatic N) is 4. The highest BCUT2D eigenvalue weighted by Gasteiger charge is 2.31. The predicted molar refractivity (Wildman–Crippen MR) is 90.6 cm³/mol. The Bertz CT molecular complexity index is 1060. The highest BCUT2D eigenvalue weighted by Crippen LogP contribution is 2.31. The first kappa shape index (κ1) is 18.3. The summed E-state index contributed by atoms with van der Waals surface area (Å²) < 4.78 is 53.8. The molecule has 2 aromatic heterocycles. The van der Waals surface area contributed by atoms with Gasteiger partial charge in [-0.15, -0.1) is 5.10 Å². The second kappa shape index (κ2) is 6.81. The number of fused-ring (bicyclic) bond motifs is 1. The topological polar surface area (TPSA) is 60.7 Å². The van der Waals surface area contributed by atoms with Crippen LogP contribution in [-0.2, 0) is 19.0 Å². The van der Waals surface area contributed by atoms with E-state index in [4.69, 9.17) is 0 Å². The Morgan fingerprint density at radius 2 is 1.89 bits per heavy atom. The van der Waals surface area contributed by atoms with Crippen molar-refractivity contribution in [2.45, 2.75) is 31.9 Å². The van der Waals surface area contributed by atoms with E-state index in [1.54, 1.807) is 12.1 Å². The van der Waals surface area contributed by atoms with Gasteiger partial charge in [0, 0.05) is 12.6 Å². The molecule has 144 valence electrons. The first-order chi connectivity index (χ1) is 13.3. The lowest BCUT2D eigenvalue weighted by molar-refractivity contribution is -0.137. The second-order valence-electron chi connectivity index (χ2n) is 6.62. The van der Waals surface area contributed by atoms with E-state index in [1.807, 2.05) is 0 Å². The summed E-state index contributed by atoms with van der Waals surface area (Å²) in [5, 5.41) is 7.93. The number of ketones is 1. The normalized spacial score (nSPS) is 14.2. The molecule has 1 aliphatic carbocycles. The standard InChI is InChI=1S/C19H14F4N4O/c20-14-8-12(7-13(10-14)19(21,22)23)6-11-4-5-24-17(9-11)27-15-2-1-3-16(28)18(15)25-26-27/h4-5,7-10H,1-3,6H2. The molecule has 0 bridgehead atoms. The number of pyridine rings is 1. The van der Waals surface area contributed by atoms with Crippen molar-refractivity contribution in [3.05, 3.63) is 70.4 Å². The highest BCUT2D eigenvalue weighted by atomic mass is 19.4. The Balaban J connectivity index is 1.66. The molecule has 0 atom stereocenters. The minimum Gasteiger partial charge on any atom is -0.292 e. The number of halogens is 4. The molecule has 0 fully saturated rings. The summed E-state index contributed by atoms with van der Waals surface area (Å²) in [5.74, 6) is -0.598. The molecule has 0 N–H and O–H groups in total. The van der Waals surface area contributed by atoms with E-state index in [2.05, 4.69) is 15.3 Å². The van der Waals surface area contributed by atoms with Crippen LogP contribution in [0.1, 0.15) is 45.7 Å². The molecule has 3 aromatic rings. The lowest BCUT2D eigenvalue weighted by atomic mass is 10.00. The largest absolute Gasteiger partial charge is 0.416 e. The molecule has 4 rings (SSSR count). The van der Waals surface area contributed by atoms with Gasteiger partial charge < -0.3 is 0 Å². The average Bonchev–Trinajstić information content (AvgIpc) is 3.06. The molecule has 0 radical (unpaired) electrons. The van der Waals surface area contributed by atoms with Crippen molar-refractivity contribution in [1.29, 1.82) is 0 Å². The number of aromatic nitrogens is 4. The van der Waals surface area contributed by atoms with Crippen molar-refractivity contribution >= 4 is 5.78 Å². The summed E-state index contributed by atoms with van der Waals surface area (Å²) >= 11 is 0. The molecular weight excluding hydrogens is 376 g/mol. The van der Waals surface area contributed by atoms with Gasteiger partial charge in [0.2, 0.25) is 0 Å². The smallest absolute Gasteiger partial charge is 0.292 e. The van der Waals surface area contributed by atoms with Crippen molar-refractivity contribution in [2.24, 2.45) is 0 Å². The van der Waals surface area contributed by atoms with E-state index in [0.717, 1.165) is 12.1 Å². The Morgan fingerprint density at radius 3 is 2.68 bits per heavy atom. The number of benzene rings is 1. The SMILES string of the molecule is O=C1CCCc2c1nnn2-c1cc(Cc2cc(F)cc(C(F)(F)F)c2)ccn1. The maximum atomic E-state index is 13.6. The number of carbonyl (C=O) groups excluding carboxylic acids is 1. The fraction of sp³-hybridized carbons (Fsp3) is 0.263. The number of hydrogen-bond acceptors (Lipinski definition) is 4. The summed E-state index contributed by atoms with van der Waals surface area (Å²) in [6.45, 7) is 0. The Hall–Kier alpha value is -3.10. The number of carbonyl (C=O) groups is 1. The van der Waals surface area contributed by atoms with Crippen LogP contribution in [-0.4, -0.2) is 25.8 Å². The van der Waals surface area contributed by atoms with Crippen LogP contribution >= 0.6 is 0 Å². The number of alkyl halides is 3. The van der Waals surface area contributed by atoms with Gasteiger partial charge in [-0.1, -0.05) is 5.21 Å². The molecule has 28 heavy (non-hydrogen) atoms. The van der Waals surface area contributed by atoms with E-state index in [-0.39, 0.29) is 17.8 Å². The number of Topliss-reactive ketones (excluding diaryl/α,β-unsaturated/α-hetero) is 1. The van der Waals surface area contributed by atoms with Crippen LogP contribution in [0.25, 0.3) is 5.82 Å². The Morgan fingerprint density at radius 1 is 1.07 bits per heavy atom. The van der Waals surface area contributed by atoms with Gasteiger partial charge in [-0.05, 0) is 60.7 Å². The molecule has 0 amide bonds. The van der Waals surface area contributed by atoms with Crippen LogP contribution < -0.4 is 0 Å². The maximum Gasteiger partial charge on any atom is 0.416 e.